The van der Waals surface area contributed by atoms with Gasteiger partial charge in [-0.05, 0) is 40.5 Å². The topological polar surface area (TPSA) is 84.9 Å². The third-order valence-electron chi connectivity index (χ3n) is 2.98. The summed E-state index contributed by atoms with van der Waals surface area (Å²) in [5.74, 6) is -1.51. The zero-order valence-corrected chi connectivity index (χ0v) is 14.5. The molecule has 0 fully saturated rings. The molecular formula is C17H29NO5. The van der Waals surface area contributed by atoms with Gasteiger partial charge in [0.25, 0.3) is 0 Å². The molecule has 1 amide bonds. The van der Waals surface area contributed by atoms with E-state index in [1.54, 1.807) is 33.8 Å². The molecule has 0 aromatic carbocycles. The van der Waals surface area contributed by atoms with Gasteiger partial charge >= 0.3 is 12.1 Å². The Kier molecular flexibility index (Phi) is 9.25. The van der Waals surface area contributed by atoms with E-state index >= 15 is 0 Å². The number of aliphatic hydroxyl groups excluding tert-OH is 1. The van der Waals surface area contributed by atoms with Crippen LogP contribution >= 0.6 is 0 Å². The molecule has 0 saturated carbocycles. The van der Waals surface area contributed by atoms with E-state index in [-0.39, 0.29) is 6.61 Å². The fraction of sp³-hybridized carbons (Fsp3) is 0.647. The molecule has 0 heterocycles. The molecule has 6 heteroatoms. The molecule has 0 rings (SSSR count). The molecule has 23 heavy (non-hydrogen) atoms. The predicted octanol–water partition coefficient (Wildman–Crippen LogP) is 2.57. The van der Waals surface area contributed by atoms with E-state index in [9.17, 15) is 14.7 Å². The largest absolute Gasteiger partial charge is 0.465 e. The van der Waals surface area contributed by atoms with Crippen molar-refractivity contribution in [3.8, 4) is 0 Å². The van der Waals surface area contributed by atoms with Gasteiger partial charge in [-0.2, -0.15) is 0 Å². The first kappa shape index (κ1) is 21.2. The normalized spacial score (nSPS) is 15.0. The van der Waals surface area contributed by atoms with E-state index in [0.29, 0.717) is 12.8 Å². The van der Waals surface area contributed by atoms with Crippen molar-refractivity contribution in [3.05, 3.63) is 25.3 Å². The summed E-state index contributed by atoms with van der Waals surface area (Å²) in [6, 6.07) is -0.685. The minimum atomic E-state index is -1.17. The van der Waals surface area contributed by atoms with E-state index in [1.165, 1.54) is 6.08 Å². The van der Waals surface area contributed by atoms with E-state index < -0.39 is 35.7 Å². The van der Waals surface area contributed by atoms with Crippen LogP contribution in [0.2, 0.25) is 0 Å². The van der Waals surface area contributed by atoms with Crippen LogP contribution in [-0.4, -0.2) is 41.5 Å². The van der Waals surface area contributed by atoms with E-state index in [4.69, 9.17) is 9.47 Å². The number of carbonyl (C=O) groups excluding carboxylic acids is 2. The molecule has 3 atom stereocenters. The van der Waals surface area contributed by atoms with Crippen LogP contribution in [0.15, 0.2) is 25.3 Å². The van der Waals surface area contributed by atoms with Crippen molar-refractivity contribution in [1.82, 2.24) is 5.32 Å². The Bertz CT molecular complexity index is 414. The molecule has 0 radical (unpaired) electrons. The first-order chi connectivity index (χ1) is 10.7. The van der Waals surface area contributed by atoms with E-state index in [2.05, 4.69) is 18.5 Å². The smallest absolute Gasteiger partial charge is 0.407 e. The fourth-order valence-electron chi connectivity index (χ4n) is 1.95. The van der Waals surface area contributed by atoms with Crippen molar-refractivity contribution in [3.63, 3.8) is 0 Å². The SMILES string of the molecule is C=CCC[C@H](NC(=O)OC(C)(C)C)C(O)C(C=C)C(=O)OCC. The number of alkyl carbamates (subject to hydrolysis) is 1. The van der Waals surface area contributed by atoms with Crippen molar-refractivity contribution >= 4 is 12.1 Å². The molecular weight excluding hydrogens is 298 g/mol. The lowest BCUT2D eigenvalue weighted by Gasteiger charge is -2.29. The molecule has 0 saturated heterocycles. The van der Waals surface area contributed by atoms with Gasteiger partial charge in [0.2, 0.25) is 0 Å². The Morgan fingerprint density at radius 2 is 1.91 bits per heavy atom. The molecule has 0 bridgehead atoms. The molecule has 0 aliphatic rings. The standard InChI is InChI=1S/C17H29NO5/c1-7-10-11-13(18-16(21)23-17(4,5)6)14(19)12(8-2)15(20)22-9-3/h7-8,12-14,19H,1-2,9-11H2,3-6H3,(H,18,21)/t12?,13-,14?/m0/s1. The van der Waals surface area contributed by atoms with Crippen molar-refractivity contribution in [2.24, 2.45) is 5.92 Å². The average molecular weight is 327 g/mol. The second-order valence-corrected chi connectivity index (χ2v) is 6.12. The number of nitrogens with one attached hydrogen (secondary N) is 1. The molecule has 132 valence electrons. The van der Waals surface area contributed by atoms with Crippen LogP contribution in [0.5, 0.6) is 0 Å². The molecule has 2 N–H and O–H groups in total. The lowest BCUT2D eigenvalue weighted by Crippen LogP contribution is -2.49. The molecule has 2 unspecified atom stereocenters. The Hall–Kier alpha value is -1.82. The van der Waals surface area contributed by atoms with Gasteiger partial charge in [-0.1, -0.05) is 12.2 Å². The van der Waals surface area contributed by atoms with Crippen LogP contribution < -0.4 is 5.32 Å². The van der Waals surface area contributed by atoms with Crippen molar-refractivity contribution in [2.75, 3.05) is 6.61 Å². The second-order valence-electron chi connectivity index (χ2n) is 6.12. The fourth-order valence-corrected chi connectivity index (χ4v) is 1.95. The Morgan fingerprint density at radius 3 is 2.35 bits per heavy atom. The highest BCUT2D eigenvalue weighted by Crippen LogP contribution is 2.17. The summed E-state index contributed by atoms with van der Waals surface area (Å²) in [4.78, 5) is 23.8. The Morgan fingerprint density at radius 1 is 1.30 bits per heavy atom. The molecule has 0 aromatic rings. The summed E-state index contributed by atoms with van der Waals surface area (Å²) in [5.41, 5.74) is -0.656. The zero-order chi connectivity index (χ0) is 18.0. The third kappa shape index (κ3) is 8.40. The maximum Gasteiger partial charge on any atom is 0.407 e. The number of allylic oxidation sites excluding steroid dienone is 1. The number of rotatable bonds is 9. The van der Waals surface area contributed by atoms with Crippen LogP contribution in [0.4, 0.5) is 4.79 Å². The predicted molar refractivity (Wildman–Crippen MR) is 88.9 cm³/mol. The average Bonchev–Trinajstić information content (AvgIpc) is 2.42. The highest BCUT2D eigenvalue weighted by Gasteiger charge is 2.33. The summed E-state index contributed by atoms with van der Waals surface area (Å²) in [6.45, 7) is 14.3. The van der Waals surface area contributed by atoms with Gasteiger partial charge in [0.15, 0.2) is 0 Å². The van der Waals surface area contributed by atoms with Gasteiger partial charge in [-0.25, -0.2) is 4.79 Å². The summed E-state index contributed by atoms with van der Waals surface area (Å²) in [7, 11) is 0. The lowest BCUT2D eigenvalue weighted by molar-refractivity contribution is -0.150. The monoisotopic (exact) mass is 327 g/mol. The molecule has 0 aliphatic heterocycles. The maximum atomic E-state index is 11.9. The van der Waals surface area contributed by atoms with Gasteiger partial charge in [0.05, 0.1) is 18.8 Å². The quantitative estimate of drug-likeness (QED) is 0.502. The number of hydrogen-bond acceptors (Lipinski definition) is 5. The lowest BCUT2D eigenvalue weighted by atomic mass is 9.93. The number of hydrogen-bond donors (Lipinski definition) is 2. The third-order valence-corrected chi connectivity index (χ3v) is 2.98. The van der Waals surface area contributed by atoms with Crippen LogP contribution in [0.25, 0.3) is 0 Å². The van der Waals surface area contributed by atoms with Gasteiger partial charge in [-0.15, -0.1) is 13.2 Å². The van der Waals surface area contributed by atoms with Crippen LogP contribution in [0.1, 0.15) is 40.5 Å². The number of esters is 1. The number of carbonyl (C=O) groups is 2. The summed E-state index contributed by atoms with van der Waals surface area (Å²) >= 11 is 0. The summed E-state index contributed by atoms with van der Waals surface area (Å²) in [6.07, 6.45) is 2.14. The van der Waals surface area contributed by atoms with Crippen molar-refractivity contribution in [2.45, 2.75) is 58.3 Å². The molecule has 0 spiro atoms. The molecule has 0 aromatic heterocycles. The van der Waals surface area contributed by atoms with Gasteiger partial charge < -0.3 is 19.9 Å². The highest BCUT2D eigenvalue weighted by molar-refractivity contribution is 5.75. The minimum Gasteiger partial charge on any atom is -0.465 e. The summed E-state index contributed by atoms with van der Waals surface area (Å²) < 4.78 is 10.1. The highest BCUT2D eigenvalue weighted by atomic mass is 16.6. The number of aliphatic hydroxyl groups is 1. The number of amides is 1. The number of ether oxygens (including phenoxy) is 2. The second kappa shape index (κ2) is 10.0. The van der Waals surface area contributed by atoms with Crippen LogP contribution in [-0.2, 0) is 14.3 Å². The van der Waals surface area contributed by atoms with Crippen molar-refractivity contribution in [1.29, 1.82) is 0 Å². The Balaban J connectivity index is 5.04. The van der Waals surface area contributed by atoms with E-state index in [0.717, 1.165) is 0 Å². The molecule has 0 aliphatic carbocycles. The molecule has 6 nitrogen and oxygen atoms in total. The van der Waals surface area contributed by atoms with Crippen molar-refractivity contribution < 1.29 is 24.2 Å². The minimum absolute atomic E-state index is 0.201. The first-order valence-corrected chi connectivity index (χ1v) is 7.73. The van der Waals surface area contributed by atoms with Gasteiger partial charge in [0.1, 0.15) is 11.5 Å². The maximum absolute atomic E-state index is 11.9. The Labute approximate surface area is 138 Å². The van der Waals surface area contributed by atoms with Gasteiger partial charge in [-0.3, -0.25) is 4.79 Å². The van der Waals surface area contributed by atoms with E-state index in [1.807, 2.05) is 0 Å². The van der Waals surface area contributed by atoms with Gasteiger partial charge in [0, 0.05) is 0 Å². The van der Waals surface area contributed by atoms with Crippen LogP contribution in [0.3, 0.4) is 0 Å². The first-order valence-electron chi connectivity index (χ1n) is 7.73. The van der Waals surface area contributed by atoms with Crippen LogP contribution in [0, 0.1) is 5.92 Å². The summed E-state index contributed by atoms with van der Waals surface area (Å²) in [5, 5.41) is 13.1. The zero-order valence-electron chi connectivity index (χ0n) is 14.5.